The SMILES string of the molecule is Brc1cccc2c1Oc1ccc(-c3ccccc3)c(-c3ccccc3)c1C2. The molecule has 0 amide bonds. The minimum absolute atomic E-state index is 0.856. The third kappa shape index (κ3) is 2.87. The quantitative estimate of drug-likeness (QED) is 0.292. The molecule has 0 N–H and O–H groups in total. The summed E-state index contributed by atoms with van der Waals surface area (Å²) >= 11 is 3.62. The van der Waals surface area contributed by atoms with Gasteiger partial charge in [-0.05, 0) is 50.3 Å². The molecule has 4 aromatic rings. The molecule has 0 atom stereocenters. The van der Waals surface area contributed by atoms with Crippen molar-refractivity contribution in [3.05, 3.63) is 107 Å². The number of benzene rings is 4. The molecule has 0 bridgehead atoms. The van der Waals surface area contributed by atoms with Gasteiger partial charge in [0, 0.05) is 17.5 Å². The molecule has 1 heterocycles. The van der Waals surface area contributed by atoms with Crippen LogP contribution < -0.4 is 4.74 Å². The van der Waals surface area contributed by atoms with E-state index in [9.17, 15) is 0 Å². The zero-order valence-corrected chi connectivity index (χ0v) is 16.2. The number of halogens is 1. The van der Waals surface area contributed by atoms with Crippen LogP contribution in [0.3, 0.4) is 0 Å². The van der Waals surface area contributed by atoms with E-state index in [2.05, 4.69) is 101 Å². The highest BCUT2D eigenvalue weighted by atomic mass is 79.9. The lowest BCUT2D eigenvalue weighted by Gasteiger charge is -2.25. The van der Waals surface area contributed by atoms with Crippen LogP contribution in [0.5, 0.6) is 11.5 Å². The van der Waals surface area contributed by atoms with Gasteiger partial charge >= 0.3 is 0 Å². The minimum Gasteiger partial charge on any atom is -0.456 e. The van der Waals surface area contributed by atoms with Crippen LogP contribution in [-0.4, -0.2) is 0 Å². The molecule has 2 heteroatoms. The zero-order chi connectivity index (χ0) is 18.2. The van der Waals surface area contributed by atoms with E-state index in [0.717, 1.165) is 22.4 Å². The van der Waals surface area contributed by atoms with Gasteiger partial charge in [-0.1, -0.05) is 78.9 Å². The van der Waals surface area contributed by atoms with Gasteiger partial charge in [0.15, 0.2) is 0 Å². The second kappa shape index (κ2) is 6.71. The van der Waals surface area contributed by atoms with Crippen molar-refractivity contribution in [2.45, 2.75) is 6.42 Å². The van der Waals surface area contributed by atoms with E-state index in [1.54, 1.807) is 0 Å². The summed E-state index contributed by atoms with van der Waals surface area (Å²) in [7, 11) is 0. The smallest absolute Gasteiger partial charge is 0.145 e. The van der Waals surface area contributed by atoms with Gasteiger partial charge in [-0.2, -0.15) is 0 Å². The van der Waals surface area contributed by atoms with E-state index in [-0.39, 0.29) is 0 Å². The Hall–Kier alpha value is -2.84. The summed E-state index contributed by atoms with van der Waals surface area (Å²) in [6, 6.07) is 31.7. The van der Waals surface area contributed by atoms with Crippen molar-refractivity contribution >= 4 is 15.9 Å². The van der Waals surface area contributed by atoms with Crippen LogP contribution in [0.4, 0.5) is 0 Å². The summed E-state index contributed by atoms with van der Waals surface area (Å²) in [5, 5.41) is 0. The first kappa shape index (κ1) is 16.3. The van der Waals surface area contributed by atoms with E-state index in [1.807, 2.05) is 6.07 Å². The lowest BCUT2D eigenvalue weighted by Crippen LogP contribution is -2.06. The predicted molar refractivity (Wildman–Crippen MR) is 114 cm³/mol. The Labute approximate surface area is 167 Å². The van der Waals surface area contributed by atoms with Crippen molar-refractivity contribution in [2.24, 2.45) is 0 Å². The molecular weight excluding hydrogens is 396 g/mol. The summed E-state index contributed by atoms with van der Waals surface area (Å²) in [5.41, 5.74) is 7.38. The molecule has 1 nitrogen and oxygen atoms in total. The number of fused-ring (bicyclic) bond motifs is 2. The van der Waals surface area contributed by atoms with E-state index >= 15 is 0 Å². The molecule has 0 saturated heterocycles. The molecule has 0 aromatic heterocycles. The van der Waals surface area contributed by atoms with Crippen LogP contribution in [-0.2, 0) is 6.42 Å². The zero-order valence-electron chi connectivity index (χ0n) is 14.7. The molecule has 0 radical (unpaired) electrons. The van der Waals surface area contributed by atoms with Crippen molar-refractivity contribution in [1.82, 2.24) is 0 Å². The topological polar surface area (TPSA) is 9.23 Å². The van der Waals surface area contributed by atoms with Crippen molar-refractivity contribution in [3.8, 4) is 33.8 Å². The number of hydrogen-bond donors (Lipinski definition) is 0. The number of rotatable bonds is 2. The highest BCUT2D eigenvalue weighted by Gasteiger charge is 2.24. The third-order valence-electron chi connectivity index (χ3n) is 5.04. The van der Waals surface area contributed by atoms with Crippen LogP contribution in [0.15, 0.2) is 95.5 Å². The first-order valence-electron chi connectivity index (χ1n) is 9.03. The van der Waals surface area contributed by atoms with Gasteiger partial charge in [0.25, 0.3) is 0 Å². The van der Waals surface area contributed by atoms with Gasteiger partial charge in [-0.3, -0.25) is 0 Å². The highest BCUT2D eigenvalue weighted by Crippen LogP contribution is 2.47. The summed E-state index contributed by atoms with van der Waals surface area (Å²) in [6.07, 6.45) is 0.856. The summed E-state index contributed by atoms with van der Waals surface area (Å²) in [6.45, 7) is 0. The third-order valence-corrected chi connectivity index (χ3v) is 5.67. The molecule has 5 rings (SSSR count). The first-order valence-corrected chi connectivity index (χ1v) is 9.82. The van der Waals surface area contributed by atoms with Gasteiger partial charge in [0.1, 0.15) is 11.5 Å². The molecule has 27 heavy (non-hydrogen) atoms. The highest BCUT2D eigenvalue weighted by molar-refractivity contribution is 9.10. The average molecular weight is 413 g/mol. The lowest BCUT2D eigenvalue weighted by atomic mass is 9.86. The van der Waals surface area contributed by atoms with Crippen molar-refractivity contribution in [2.75, 3.05) is 0 Å². The monoisotopic (exact) mass is 412 g/mol. The predicted octanol–water partition coefficient (Wildman–Crippen LogP) is 7.48. The molecular formula is C25H17BrO. The van der Waals surface area contributed by atoms with Crippen LogP contribution in [0.25, 0.3) is 22.3 Å². The molecule has 0 saturated carbocycles. The molecule has 0 spiro atoms. The molecule has 130 valence electrons. The van der Waals surface area contributed by atoms with Gasteiger partial charge in [0.05, 0.1) is 4.47 Å². The fourth-order valence-electron chi connectivity index (χ4n) is 3.80. The van der Waals surface area contributed by atoms with Gasteiger partial charge in [-0.15, -0.1) is 0 Å². The van der Waals surface area contributed by atoms with Gasteiger partial charge in [0.2, 0.25) is 0 Å². The fraction of sp³-hybridized carbons (Fsp3) is 0.0400. The normalized spacial score (nSPS) is 12.0. The summed E-state index contributed by atoms with van der Waals surface area (Å²) in [5.74, 6) is 1.87. The first-order chi connectivity index (χ1) is 13.3. The minimum atomic E-state index is 0.856. The largest absolute Gasteiger partial charge is 0.456 e. The molecule has 0 aliphatic carbocycles. The van der Waals surface area contributed by atoms with Crippen molar-refractivity contribution < 1.29 is 4.74 Å². The van der Waals surface area contributed by atoms with E-state index in [1.165, 1.54) is 33.4 Å². The van der Waals surface area contributed by atoms with Crippen molar-refractivity contribution in [3.63, 3.8) is 0 Å². The van der Waals surface area contributed by atoms with E-state index in [0.29, 0.717) is 0 Å². The standard InChI is InChI=1S/C25H17BrO/c26-22-13-7-12-19-16-21-23(27-25(19)22)15-14-20(17-8-3-1-4-9-17)24(21)18-10-5-2-6-11-18/h1-15H,16H2. The number of ether oxygens (including phenoxy) is 1. The van der Waals surface area contributed by atoms with Crippen LogP contribution in [0.2, 0.25) is 0 Å². The number of hydrogen-bond acceptors (Lipinski definition) is 1. The van der Waals surface area contributed by atoms with E-state index in [4.69, 9.17) is 4.74 Å². The van der Waals surface area contributed by atoms with Crippen LogP contribution >= 0.6 is 15.9 Å². The Morgan fingerprint density at radius 2 is 1.37 bits per heavy atom. The van der Waals surface area contributed by atoms with Crippen LogP contribution in [0.1, 0.15) is 11.1 Å². The Kier molecular flexibility index (Phi) is 4.06. The Morgan fingerprint density at radius 3 is 2.11 bits per heavy atom. The maximum Gasteiger partial charge on any atom is 0.145 e. The second-order valence-electron chi connectivity index (χ2n) is 6.70. The maximum atomic E-state index is 6.31. The van der Waals surface area contributed by atoms with Gasteiger partial charge in [-0.25, -0.2) is 0 Å². The molecule has 0 unspecified atom stereocenters. The van der Waals surface area contributed by atoms with Gasteiger partial charge < -0.3 is 4.74 Å². The number of para-hydroxylation sites is 1. The van der Waals surface area contributed by atoms with Crippen molar-refractivity contribution in [1.29, 1.82) is 0 Å². The molecule has 0 fully saturated rings. The second-order valence-corrected chi connectivity index (χ2v) is 7.56. The Bertz CT molecular complexity index is 1120. The Balaban J connectivity index is 1.77. The molecule has 1 aliphatic heterocycles. The lowest BCUT2D eigenvalue weighted by molar-refractivity contribution is 0.457. The summed E-state index contributed by atoms with van der Waals surface area (Å²) < 4.78 is 7.31. The molecule has 4 aromatic carbocycles. The fourth-order valence-corrected chi connectivity index (χ4v) is 4.29. The summed E-state index contributed by atoms with van der Waals surface area (Å²) in [4.78, 5) is 0. The van der Waals surface area contributed by atoms with Crippen LogP contribution in [0, 0.1) is 0 Å². The van der Waals surface area contributed by atoms with E-state index < -0.39 is 0 Å². The molecule has 1 aliphatic rings. The maximum absolute atomic E-state index is 6.31. The average Bonchev–Trinajstić information content (AvgIpc) is 2.73. The Morgan fingerprint density at radius 1 is 0.667 bits per heavy atom.